The van der Waals surface area contributed by atoms with Crippen LogP contribution in [0, 0.1) is 10.1 Å². The highest BCUT2D eigenvalue weighted by Crippen LogP contribution is 2.40. The SMILES string of the molecule is O=C(O)N1CCCCC1Nc1c([N+](=O)[O-])cccc1C(F)(F)F. The molecule has 1 saturated heterocycles. The number of rotatable bonds is 3. The second-order valence-electron chi connectivity index (χ2n) is 5.09. The van der Waals surface area contributed by atoms with Crippen LogP contribution >= 0.6 is 0 Å². The maximum absolute atomic E-state index is 13.1. The Kier molecular flexibility index (Phi) is 4.62. The highest BCUT2D eigenvalue weighted by molar-refractivity contribution is 5.70. The van der Waals surface area contributed by atoms with Gasteiger partial charge in [0.15, 0.2) is 0 Å². The maximum atomic E-state index is 13.1. The fourth-order valence-electron chi connectivity index (χ4n) is 2.56. The van der Waals surface area contributed by atoms with E-state index in [1.807, 2.05) is 0 Å². The molecule has 7 nitrogen and oxygen atoms in total. The van der Waals surface area contributed by atoms with Crippen LogP contribution in [0.25, 0.3) is 0 Å². The molecule has 0 aromatic heterocycles. The molecular weight excluding hydrogens is 319 g/mol. The molecule has 0 bridgehead atoms. The Balaban J connectivity index is 2.44. The zero-order chi connectivity index (χ0) is 17.2. The summed E-state index contributed by atoms with van der Waals surface area (Å²) in [5.74, 6) is 0. The van der Waals surface area contributed by atoms with Crippen molar-refractivity contribution in [1.82, 2.24) is 4.90 Å². The summed E-state index contributed by atoms with van der Waals surface area (Å²) in [4.78, 5) is 22.2. The van der Waals surface area contributed by atoms with Crippen LogP contribution in [0.4, 0.5) is 29.3 Å². The van der Waals surface area contributed by atoms with Crippen molar-refractivity contribution in [2.24, 2.45) is 0 Å². The van der Waals surface area contributed by atoms with Crippen molar-refractivity contribution in [3.8, 4) is 0 Å². The van der Waals surface area contributed by atoms with Crippen molar-refractivity contribution in [1.29, 1.82) is 0 Å². The number of nitro benzene ring substituents is 1. The smallest absolute Gasteiger partial charge is 0.418 e. The highest BCUT2D eigenvalue weighted by atomic mass is 19.4. The first kappa shape index (κ1) is 16.8. The van der Waals surface area contributed by atoms with E-state index in [9.17, 15) is 28.1 Å². The van der Waals surface area contributed by atoms with Gasteiger partial charge in [-0.05, 0) is 25.3 Å². The van der Waals surface area contributed by atoms with Gasteiger partial charge in [0.25, 0.3) is 5.69 Å². The molecule has 126 valence electrons. The summed E-state index contributed by atoms with van der Waals surface area (Å²) >= 11 is 0. The number of nitrogens with one attached hydrogen (secondary N) is 1. The fourth-order valence-corrected chi connectivity index (χ4v) is 2.56. The summed E-state index contributed by atoms with van der Waals surface area (Å²) in [6.07, 6.45) is -5.54. The number of hydrogen-bond acceptors (Lipinski definition) is 4. The van der Waals surface area contributed by atoms with E-state index >= 15 is 0 Å². The van der Waals surface area contributed by atoms with Gasteiger partial charge in [-0.1, -0.05) is 6.07 Å². The minimum absolute atomic E-state index is 0.162. The van der Waals surface area contributed by atoms with Crippen LogP contribution in [-0.2, 0) is 6.18 Å². The quantitative estimate of drug-likeness (QED) is 0.652. The molecule has 0 spiro atoms. The molecule has 1 fully saturated rings. The third-order valence-electron chi connectivity index (χ3n) is 3.60. The van der Waals surface area contributed by atoms with E-state index in [1.165, 1.54) is 0 Å². The first-order chi connectivity index (χ1) is 10.7. The number of amides is 1. The van der Waals surface area contributed by atoms with Crippen molar-refractivity contribution in [2.45, 2.75) is 31.6 Å². The molecule has 1 amide bonds. The first-order valence-electron chi connectivity index (χ1n) is 6.82. The Hall–Kier alpha value is -2.52. The molecular formula is C13H14F3N3O4. The van der Waals surface area contributed by atoms with E-state index < -0.39 is 40.3 Å². The van der Waals surface area contributed by atoms with Gasteiger partial charge in [0.2, 0.25) is 0 Å². The van der Waals surface area contributed by atoms with Gasteiger partial charge in [-0.2, -0.15) is 13.2 Å². The van der Waals surface area contributed by atoms with Gasteiger partial charge in [-0.3, -0.25) is 15.0 Å². The lowest BCUT2D eigenvalue weighted by molar-refractivity contribution is -0.384. The number of halogens is 3. The topological polar surface area (TPSA) is 95.7 Å². The fraction of sp³-hybridized carbons (Fsp3) is 0.462. The van der Waals surface area contributed by atoms with E-state index in [0.29, 0.717) is 12.8 Å². The molecule has 1 heterocycles. The van der Waals surface area contributed by atoms with Crippen LogP contribution < -0.4 is 5.32 Å². The molecule has 2 rings (SSSR count). The first-order valence-corrected chi connectivity index (χ1v) is 6.82. The lowest BCUT2D eigenvalue weighted by Gasteiger charge is -2.34. The Bertz CT molecular complexity index is 621. The zero-order valence-corrected chi connectivity index (χ0v) is 11.8. The van der Waals surface area contributed by atoms with Crippen LogP contribution in [0.2, 0.25) is 0 Å². The Morgan fingerprint density at radius 1 is 1.39 bits per heavy atom. The standard InChI is InChI=1S/C13H14F3N3O4/c14-13(15,16)8-4-3-5-9(19(22)23)11(8)17-10-6-1-2-7-18(10)12(20)21/h3-5,10,17H,1-2,6-7H2,(H,20,21). The molecule has 1 atom stereocenters. The van der Waals surface area contributed by atoms with E-state index in [2.05, 4.69) is 5.32 Å². The minimum atomic E-state index is -4.79. The summed E-state index contributed by atoms with van der Waals surface area (Å²) in [7, 11) is 0. The van der Waals surface area contributed by atoms with Gasteiger partial charge in [-0.15, -0.1) is 0 Å². The van der Waals surface area contributed by atoms with Crippen LogP contribution in [0.5, 0.6) is 0 Å². The number of nitro groups is 1. The lowest BCUT2D eigenvalue weighted by atomic mass is 10.1. The van der Waals surface area contributed by atoms with Crippen molar-refractivity contribution in [3.63, 3.8) is 0 Å². The lowest BCUT2D eigenvalue weighted by Crippen LogP contribution is -2.47. The van der Waals surface area contributed by atoms with Crippen molar-refractivity contribution >= 4 is 17.5 Å². The number of nitrogens with zero attached hydrogens (tertiary/aromatic N) is 2. The average Bonchev–Trinajstić information content (AvgIpc) is 2.46. The van der Waals surface area contributed by atoms with Crippen LogP contribution in [-0.4, -0.2) is 33.7 Å². The molecule has 1 aliphatic heterocycles. The van der Waals surface area contributed by atoms with Gasteiger partial charge in [0.1, 0.15) is 11.9 Å². The van der Waals surface area contributed by atoms with E-state index in [1.54, 1.807) is 0 Å². The number of piperidine rings is 1. The molecule has 1 unspecified atom stereocenters. The monoisotopic (exact) mass is 333 g/mol. The Morgan fingerprint density at radius 3 is 2.65 bits per heavy atom. The number of alkyl halides is 3. The van der Waals surface area contributed by atoms with Gasteiger partial charge in [0, 0.05) is 12.6 Å². The van der Waals surface area contributed by atoms with Crippen molar-refractivity contribution in [3.05, 3.63) is 33.9 Å². The van der Waals surface area contributed by atoms with Gasteiger partial charge in [0.05, 0.1) is 10.5 Å². The summed E-state index contributed by atoms with van der Waals surface area (Å²) in [5.41, 5.74) is -2.64. The molecule has 23 heavy (non-hydrogen) atoms. The maximum Gasteiger partial charge on any atom is 0.418 e. The summed E-state index contributed by atoms with van der Waals surface area (Å²) in [6.45, 7) is 0.162. The van der Waals surface area contributed by atoms with E-state index in [4.69, 9.17) is 5.11 Å². The predicted molar refractivity (Wildman–Crippen MR) is 74.1 cm³/mol. The van der Waals surface area contributed by atoms with E-state index in [0.717, 1.165) is 23.1 Å². The number of carbonyl (C=O) groups is 1. The molecule has 0 aliphatic carbocycles. The minimum Gasteiger partial charge on any atom is -0.465 e. The molecule has 1 aromatic rings. The van der Waals surface area contributed by atoms with Crippen LogP contribution in [0.15, 0.2) is 18.2 Å². The zero-order valence-electron chi connectivity index (χ0n) is 11.8. The number of benzene rings is 1. The highest BCUT2D eigenvalue weighted by Gasteiger charge is 2.38. The van der Waals surface area contributed by atoms with Gasteiger partial charge in [-0.25, -0.2) is 4.79 Å². The number of carboxylic acid groups (broad SMARTS) is 1. The van der Waals surface area contributed by atoms with E-state index in [-0.39, 0.29) is 13.0 Å². The van der Waals surface area contributed by atoms with Gasteiger partial charge >= 0.3 is 12.3 Å². The Morgan fingerprint density at radius 2 is 2.09 bits per heavy atom. The summed E-state index contributed by atoms with van der Waals surface area (Å²) in [5, 5.41) is 22.6. The molecule has 0 saturated carbocycles. The number of likely N-dealkylation sites (tertiary alicyclic amines) is 1. The molecule has 10 heteroatoms. The number of para-hydroxylation sites is 1. The van der Waals surface area contributed by atoms with Crippen LogP contribution in [0.1, 0.15) is 24.8 Å². The summed E-state index contributed by atoms with van der Waals surface area (Å²) < 4.78 is 39.3. The average molecular weight is 333 g/mol. The molecule has 1 aromatic carbocycles. The predicted octanol–water partition coefficient (Wildman–Crippen LogP) is 3.52. The number of anilines is 1. The third kappa shape index (κ3) is 3.63. The molecule has 0 radical (unpaired) electrons. The van der Waals surface area contributed by atoms with Crippen LogP contribution in [0.3, 0.4) is 0 Å². The molecule has 2 N–H and O–H groups in total. The number of hydrogen-bond donors (Lipinski definition) is 2. The van der Waals surface area contributed by atoms with Crippen molar-refractivity contribution in [2.75, 3.05) is 11.9 Å². The normalized spacial score (nSPS) is 18.6. The van der Waals surface area contributed by atoms with Gasteiger partial charge < -0.3 is 10.4 Å². The molecule has 1 aliphatic rings. The third-order valence-corrected chi connectivity index (χ3v) is 3.60. The second kappa shape index (κ2) is 6.31. The Labute approximate surface area is 128 Å². The van der Waals surface area contributed by atoms with Crippen molar-refractivity contribution < 1.29 is 28.0 Å². The summed E-state index contributed by atoms with van der Waals surface area (Å²) in [6, 6.07) is 2.62. The second-order valence-corrected chi connectivity index (χ2v) is 5.09. The largest absolute Gasteiger partial charge is 0.465 e.